The minimum Gasteiger partial charge on any atom is -0.463 e. The highest BCUT2D eigenvalue weighted by atomic mass is 32.2. The van der Waals surface area contributed by atoms with Crippen LogP contribution in [-0.4, -0.2) is 54.3 Å². The molecule has 29 heavy (non-hydrogen) atoms. The van der Waals surface area contributed by atoms with E-state index in [9.17, 15) is 14.4 Å². The number of esters is 3. The maximum Gasteiger partial charge on any atom is 0.303 e. The number of azide groups is 1. The quantitative estimate of drug-likeness (QED) is 0.214. The molecule has 1 unspecified atom stereocenters. The van der Waals surface area contributed by atoms with Crippen LogP contribution in [0, 0.1) is 0 Å². The molecule has 1 aliphatic heterocycles. The van der Waals surface area contributed by atoms with E-state index in [1.165, 1.54) is 32.5 Å². The summed E-state index contributed by atoms with van der Waals surface area (Å²) in [5.41, 5.74) is 8.25. The molecule has 2 rings (SSSR count). The summed E-state index contributed by atoms with van der Waals surface area (Å²) in [6, 6.07) is 8.09. The summed E-state index contributed by atoms with van der Waals surface area (Å²) in [5, 5.41) is 3.71. The molecular weight excluding hydrogens is 402 g/mol. The molecule has 1 aliphatic rings. The SMILES string of the molecule is CC(=O)OC[C@H]1O[C@@H](Sc2ccccc2)[C@H](OC(C)=O)C(N=[N+]=[N-])[C@H]1OC(C)=O. The van der Waals surface area contributed by atoms with Crippen molar-refractivity contribution in [1.82, 2.24) is 0 Å². The summed E-state index contributed by atoms with van der Waals surface area (Å²) in [6.45, 7) is 3.39. The number of carbonyl (C=O) groups excluding carboxylic acids is 3. The number of ether oxygens (including phenoxy) is 4. The first-order valence-corrected chi connectivity index (χ1v) is 9.59. The summed E-state index contributed by atoms with van der Waals surface area (Å²) in [4.78, 5) is 38.2. The topological polar surface area (TPSA) is 137 Å². The monoisotopic (exact) mass is 423 g/mol. The molecule has 1 aromatic rings. The van der Waals surface area contributed by atoms with Gasteiger partial charge in [0.15, 0.2) is 0 Å². The Kier molecular flexibility index (Phi) is 8.32. The third kappa shape index (κ3) is 6.67. The van der Waals surface area contributed by atoms with Crippen molar-refractivity contribution in [2.75, 3.05) is 6.61 Å². The second-order valence-corrected chi connectivity index (χ2v) is 7.29. The van der Waals surface area contributed by atoms with Crippen LogP contribution >= 0.6 is 11.8 Å². The highest BCUT2D eigenvalue weighted by Gasteiger charge is 2.50. The molecule has 0 aromatic heterocycles. The summed E-state index contributed by atoms with van der Waals surface area (Å²) in [7, 11) is 0. The van der Waals surface area contributed by atoms with E-state index in [2.05, 4.69) is 10.0 Å². The van der Waals surface area contributed by atoms with E-state index in [0.717, 1.165) is 4.90 Å². The molecule has 0 spiro atoms. The third-order valence-electron chi connectivity index (χ3n) is 3.85. The molecular formula is C18H21N3O7S. The minimum atomic E-state index is -1.11. The molecule has 1 fully saturated rings. The highest BCUT2D eigenvalue weighted by Crippen LogP contribution is 2.37. The van der Waals surface area contributed by atoms with Gasteiger partial charge in [-0.1, -0.05) is 35.1 Å². The smallest absolute Gasteiger partial charge is 0.303 e. The average Bonchev–Trinajstić information content (AvgIpc) is 2.65. The van der Waals surface area contributed by atoms with E-state index in [-0.39, 0.29) is 6.61 Å². The molecule has 5 atom stereocenters. The van der Waals surface area contributed by atoms with E-state index in [0.29, 0.717) is 0 Å². The number of carbonyl (C=O) groups is 3. The minimum absolute atomic E-state index is 0.233. The molecule has 1 aromatic carbocycles. The Morgan fingerprint density at radius 3 is 2.24 bits per heavy atom. The van der Waals surface area contributed by atoms with E-state index >= 15 is 0 Å². The number of rotatable bonds is 7. The van der Waals surface area contributed by atoms with Gasteiger partial charge in [-0.05, 0) is 17.7 Å². The Balaban J connectivity index is 2.41. The fourth-order valence-electron chi connectivity index (χ4n) is 2.80. The summed E-state index contributed by atoms with van der Waals surface area (Å²) in [5.74, 6) is -1.82. The van der Waals surface area contributed by atoms with Gasteiger partial charge in [0.25, 0.3) is 0 Å². The molecule has 1 saturated heterocycles. The van der Waals surface area contributed by atoms with Gasteiger partial charge in [0.1, 0.15) is 36.4 Å². The van der Waals surface area contributed by atoms with Crippen LogP contribution in [0.4, 0.5) is 0 Å². The zero-order valence-electron chi connectivity index (χ0n) is 16.1. The molecule has 156 valence electrons. The predicted octanol–water partition coefficient (Wildman–Crippen LogP) is 2.61. The Labute approximate surface area is 171 Å². The van der Waals surface area contributed by atoms with Crippen molar-refractivity contribution < 1.29 is 33.3 Å². The summed E-state index contributed by atoms with van der Waals surface area (Å²) < 4.78 is 21.7. The molecule has 0 saturated carbocycles. The molecule has 0 bridgehead atoms. The lowest BCUT2D eigenvalue weighted by Crippen LogP contribution is -2.59. The number of thioether (sulfide) groups is 1. The predicted molar refractivity (Wildman–Crippen MR) is 102 cm³/mol. The number of hydrogen-bond donors (Lipinski definition) is 0. The summed E-state index contributed by atoms with van der Waals surface area (Å²) in [6.07, 6.45) is -3.07. The molecule has 10 nitrogen and oxygen atoms in total. The van der Waals surface area contributed by atoms with Gasteiger partial charge >= 0.3 is 17.9 Å². The second-order valence-electron chi connectivity index (χ2n) is 6.12. The van der Waals surface area contributed by atoms with Crippen LogP contribution in [0.1, 0.15) is 20.8 Å². The zero-order valence-corrected chi connectivity index (χ0v) is 16.9. The Morgan fingerprint density at radius 1 is 1.07 bits per heavy atom. The summed E-state index contributed by atoms with van der Waals surface area (Å²) >= 11 is 1.24. The van der Waals surface area contributed by atoms with E-state index in [4.69, 9.17) is 24.5 Å². The molecule has 11 heteroatoms. The first-order chi connectivity index (χ1) is 13.8. The second kappa shape index (κ2) is 10.7. The molecule has 0 aliphatic carbocycles. The van der Waals surface area contributed by atoms with Gasteiger partial charge in [0.05, 0.1) is 0 Å². The van der Waals surface area contributed by atoms with Crippen molar-refractivity contribution in [2.24, 2.45) is 5.11 Å². The molecule has 0 radical (unpaired) electrons. The van der Waals surface area contributed by atoms with Crippen molar-refractivity contribution in [1.29, 1.82) is 0 Å². The molecule has 1 heterocycles. The number of benzene rings is 1. The Bertz CT molecular complexity index is 785. The fraction of sp³-hybridized carbons (Fsp3) is 0.500. The average molecular weight is 423 g/mol. The number of hydrogen-bond acceptors (Lipinski definition) is 9. The molecule has 0 amide bonds. The van der Waals surface area contributed by atoms with Crippen molar-refractivity contribution in [3.05, 3.63) is 40.8 Å². The van der Waals surface area contributed by atoms with Gasteiger partial charge in [-0.2, -0.15) is 0 Å². The van der Waals surface area contributed by atoms with Gasteiger partial charge in [-0.15, -0.1) is 0 Å². The van der Waals surface area contributed by atoms with Gasteiger partial charge in [0.2, 0.25) is 0 Å². The lowest BCUT2D eigenvalue weighted by molar-refractivity contribution is -0.201. The van der Waals surface area contributed by atoms with Crippen molar-refractivity contribution in [3.63, 3.8) is 0 Å². The maximum absolute atomic E-state index is 11.7. The maximum atomic E-state index is 11.7. The van der Waals surface area contributed by atoms with Gasteiger partial charge in [0, 0.05) is 30.6 Å². The Hall–Kier alpha value is -2.75. The van der Waals surface area contributed by atoms with Gasteiger partial charge < -0.3 is 18.9 Å². The van der Waals surface area contributed by atoms with Crippen LogP contribution in [0.2, 0.25) is 0 Å². The largest absolute Gasteiger partial charge is 0.463 e. The van der Waals surface area contributed by atoms with Gasteiger partial charge in [-0.25, -0.2) is 0 Å². The van der Waals surface area contributed by atoms with Crippen LogP contribution in [0.3, 0.4) is 0 Å². The number of nitrogens with zero attached hydrogens (tertiary/aromatic N) is 3. The van der Waals surface area contributed by atoms with Crippen molar-refractivity contribution >= 4 is 29.7 Å². The molecule has 0 N–H and O–H groups in total. The standard InChI is InChI=1S/C18H21N3O7S/c1-10(22)25-9-14-16(26-11(2)23)15(20-21-19)17(27-12(3)24)18(28-14)29-13-7-5-4-6-8-13/h4-8,14-18H,9H2,1-3H3/t14-,15?,16+,17-,18+/m1/s1. The van der Waals surface area contributed by atoms with Crippen LogP contribution in [0.15, 0.2) is 40.3 Å². The zero-order chi connectivity index (χ0) is 21.4. The van der Waals surface area contributed by atoms with E-state index in [1.54, 1.807) is 0 Å². The fourth-order valence-corrected chi connectivity index (χ4v) is 3.93. The van der Waals surface area contributed by atoms with E-state index < -0.39 is 47.7 Å². The highest BCUT2D eigenvalue weighted by molar-refractivity contribution is 7.99. The normalized spacial score (nSPS) is 26.0. The first-order valence-electron chi connectivity index (χ1n) is 8.71. The van der Waals surface area contributed by atoms with Gasteiger partial charge in [-0.3, -0.25) is 14.4 Å². The van der Waals surface area contributed by atoms with Crippen molar-refractivity contribution in [2.45, 2.75) is 55.5 Å². The lowest BCUT2D eigenvalue weighted by Gasteiger charge is -2.43. The van der Waals surface area contributed by atoms with Crippen LogP contribution in [-0.2, 0) is 33.3 Å². The van der Waals surface area contributed by atoms with Crippen LogP contribution < -0.4 is 0 Å². The van der Waals surface area contributed by atoms with Crippen LogP contribution in [0.5, 0.6) is 0 Å². The Morgan fingerprint density at radius 2 is 1.69 bits per heavy atom. The lowest BCUT2D eigenvalue weighted by atomic mass is 9.97. The van der Waals surface area contributed by atoms with Crippen molar-refractivity contribution in [3.8, 4) is 0 Å². The first kappa shape index (κ1) is 22.5. The third-order valence-corrected chi connectivity index (χ3v) is 5.01. The van der Waals surface area contributed by atoms with Crippen LogP contribution in [0.25, 0.3) is 10.4 Å². The van der Waals surface area contributed by atoms with E-state index in [1.807, 2.05) is 30.3 Å².